The third kappa shape index (κ3) is 3.49. The van der Waals surface area contributed by atoms with Gasteiger partial charge < -0.3 is 5.11 Å². The molecule has 0 spiro atoms. The molecule has 0 saturated carbocycles. The lowest BCUT2D eigenvalue weighted by molar-refractivity contribution is 0.0696. The number of thiazole rings is 1. The lowest BCUT2D eigenvalue weighted by atomic mass is 10.3. The molecule has 0 aromatic carbocycles. The molecule has 0 radical (unpaired) electrons. The number of carboxylic acids is 1. The van der Waals surface area contributed by atoms with Gasteiger partial charge in [-0.05, 0) is 23.6 Å². The highest BCUT2D eigenvalue weighted by Crippen LogP contribution is 2.28. The molecule has 0 atom stereocenters. The molecule has 3 aromatic rings. The van der Waals surface area contributed by atoms with Gasteiger partial charge >= 0.3 is 5.97 Å². The minimum atomic E-state index is -0.959. The predicted octanol–water partition coefficient (Wildman–Crippen LogP) is 4.26. The summed E-state index contributed by atoms with van der Waals surface area (Å²) in [6.07, 6.45) is 1.38. The van der Waals surface area contributed by atoms with Gasteiger partial charge in [-0.15, -0.1) is 23.1 Å². The van der Waals surface area contributed by atoms with E-state index in [0.29, 0.717) is 0 Å². The zero-order valence-corrected chi connectivity index (χ0v) is 13.2. The Morgan fingerprint density at radius 3 is 2.86 bits per heavy atom. The van der Waals surface area contributed by atoms with Crippen LogP contribution in [0.2, 0.25) is 0 Å². The second kappa shape index (κ2) is 6.38. The summed E-state index contributed by atoms with van der Waals surface area (Å²) in [5, 5.41) is 16.8. The van der Waals surface area contributed by atoms with Crippen LogP contribution < -0.4 is 0 Å². The first-order valence-corrected chi connectivity index (χ1v) is 8.82. The van der Waals surface area contributed by atoms with Crippen LogP contribution in [0.3, 0.4) is 0 Å². The summed E-state index contributed by atoms with van der Waals surface area (Å²) < 4.78 is 0. The lowest BCUT2D eigenvalue weighted by Gasteiger charge is -1.99. The molecule has 106 valence electrons. The maximum absolute atomic E-state index is 10.8. The molecule has 7 heteroatoms. The first-order valence-electron chi connectivity index (χ1n) is 6.01. The van der Waals surface area contributed by atoms with Gasteiger partial charge in [0.25, 0.3) is 0 Å². The zero-order chi connectivity index (χ0) is 14.7. The van der Waals surface area contributed by atoms with Crippen molar-refractivity contribution in [3.05, 3.63) is 51.8 Å². The minimum absolute atomic E-state index is 0.202. The summed E-state index contributed by atoms with van der Waals surface area (Å²) in [5.74, 6) is -0.237. The number of thiophene rings is 1. The Balaban J connectivity index is 1.64. The Labute approximate surface area is 133 Å². The van der Waals surface area contributed by atoms with Gasteiger partial charge in [0.15, 0.2) is 0 Å². The summed E-state index contributed by atoms with van der Waals surface area (Å²) in [5.41, 5.74) is 2.37. The van der Waals surface area contributed by atoms with E-state index in [0.717, 1.165) is 27.0 Å². The molecule has 3 heterocycles. The van der Waals surface area contributed by atoms with Gasteiger partial charge in [-0.1, -0.05) is 0 Å². The number of pyridine rings is 1. The van der Waals surface area contributed by atoms with E-state index in [1.807, 2.05) is 10.8 Å². The maximum atomic E-state index is 10.8. The number of carbonyl (C=O) groups is 1. The predicted molar refractivity (Wildman–Crippen MR) is 86.2 cm³/mol. The van der Waals surface area contributed by atoms with Crippen LogP contribution in [0.5, 0.6) is 0 Å². The van der Waals surface area contributed by atoms with E-state index in [9.17, 15) is 4.79 Å². The first-order chi connectivity index (χ1) is 10.2. The van der Waals surface area contributed by atoms with Crippen LogP contribution >= 0.6 is 34.4 Å². The van der Waals surface area contributed by atoms with E-state index >= 15 is 0 Å². The molecule has 0 amide bonds. The summed E-state index contributed by atoms with van der Waals surface area (Å²) in [7, 11) is 0. The van der Waals surface area contributed by atoms with Gasteiger partial charge in [0.2, 0.25) is 0 Å². The van der Waals surface area contributed by atoms with Crippen molar-refractivity contribution >= 4 is 40.4 Å². The minimum Gasteiger partial charge on any atom is -0.478 e. The highest BCUT2D eigenvalue weighted by Gasteiger charge is 2.07. The zero-order valence-electron chi connectivity index (χ0n) is 10.7. The summed E-state index contributed by atoms with van der Waals surface area (Å²) in [6.45, 7) is 0. The second-order valence-electron chi connectivity index (χ2n) is 4.13. The molecule has 1 N–H and O–H groups in total. The summed E-state index contributed by atoms with van der Waals surface area (Å²) in [6, 6.07) is 5.35. The smallest absolute Gasteiger partial charge is 0.337 e. The van der Waals surface area contributed by atoms with Gasteiger partial charge in [-0.3, -0.25) is 0 Å². The van der Waals surface area contributed by atoms with Gasteiger partial charge in [0, 0.05) is 28.3 Å². The fraction of sp³-hybridized carbons (Fsp3) is 0.0714. The molecule has 3 rings (SSSR count). The maximum Gasteiger partial charge on any atom is 0.337 e. The molecular weight excluding hydrogens is 324 g/mol. The van der Waals surface area contributed by atoms with E-state index in [1.54, 1.807) is 46.6 Å². The molecule has 0 saturated heterocycles. The molecule has 4 nitrogen and oxygen atoms in total. The number of nitrogens with zero attached hydrogens (tertiary/aromatic N) is 2. The monoisotopic (exact) mass is 334 g/mol. The normalized spacial score (nSPS) is 10.7. The molecule has 0 aliphatic carbocycles. The van der Waals surface area contributed by atoms with E-state index < -0.39 is 5.97 Å². The number of carboxylic acid groups (broad SMARTS) is 1. The lowest BCUT2D eigenvalue weighted by Crippen LogP contribution is -1.96. The van der Waals surface area contributed by atoms with Gasteiger partial charge in [-0.25, -0.2) is 14.8 Å². The average molecular weight is 334 g/mol. The van der Waals surface area contributed by atoms with E-state index in [2.05, 4.69) is 21.4 Å². The van der Waals surface area contributed by atoms with Crippen LogP contribution in [-0.4, -0.2) is 21.0 Å². The number of aromatic nitrogens is 2. The Morgan fingerprint density at radius 2 is 2.19 bits per heavy atom. The van der Waals surface area contributed by atoms with Crippen molar-refractivity contribution in [3.8, 4) is 10.6 Å². The van der Waals surface area contributed by atoms with E-state index in [-0.39, 0.29) is 5.56 Å². The molecule has 3 aromatic heterocycles. The Morgan fingerprint density at radius 1 is 1.29 bits per heavy atom. The highest BCUT2D eigenvalue weighted by molar-refractivity contribution is 7.98. The van der Waals surface area contributed by atoms with Crippen LogP contribution in [0, 0.1) is 0 Å². The number of hydrogen-bond donors (Lipinski definition) is 1. The Bertz CT molecular complexity index is 736. The number of aromatic carboxylic acids is 1. The van der Waals surface area contributed by atoms with Crippen LogP contribution in [0.25, 0.3) is 10.6 Å². The molecule has 0 aliphatic heterocycles. The van der Waals surface area contributed by atoms with E-state index in [4.69, 9.17) is 5.11 Å². The average Bonchev–Trinajstić information content (AvgIpc) is 3.16. The van der Waals surface area contributed by atoms with Crippen molar-refractivity contribution in [2.45, 2.75) is 10.8 Å². The van der Waals surface area contributed by atoms with Crippen LogP contribution in [0.4, 0.5) is 0 Å². The molecule has 0 unspecified atom stereocenters. The number of rotatable bonds is 5. The molecule has 0 bridgehead atoms. The standard InChI is InChI=1S/C14H10N2O2S3/c17-14(18)9-1-2-12(15-5-9)20-7-11-8-21-13(16-11)10-3-4-19-6-10/h1-6,8H,7H2,(H,17,18). The third-order valence-corrected chi connectivity index (χ3v) is 5.27. The quantitative estimate of drug-likeness (QED) is 0.706. The summed E-state index contributed by atoms with van der Waals surface area (Å²) in [4.78, 5) is 19.5. The molecule has 21 heavy (non-hydrogen) atoms. The fourth-order valence-corrected chi connectivity index (χ4v) is 4.00. The van der Waals surface area contributed by atoms with Crippen molar-refractivity contribution in [3.63, 3.8) is 0 Å². The molecule has 0 fully saturated rings. The number of thioether (sulfide) groups is 1. The fourth-order valence-electron chi connectivity index (χ4n) is 1.63. The Hall–Kier alpha value is -1.70. The summed E-state index contributed by atoms with van der Waals surface area (Å²) >= 11 is 4.84. The van der Waals surface area contributed by atoms with Crippen molar-refractivity contribution in [2.75, 3.05) is 0 Å². The number of hydrogen-bond acceptors (Lipinski definition) is 6. The van der Waals surface area contributed by atoms with E-state index in [1.165, 1.54) is 6.20 Å². The van der Waals surface area contributed by atoms with Crippen molar-refractivity contribution in [2.24, 2.45) is 0 Å². The Kier molecular flexibility index (Phi) is 4.33. The van der Waals surface area contributed by atoms with Crippen LogP contribution in [-0.2, 0) is 5.75 Å². The SMILES string of the molecule is O=C(O)c1ccc(SCc2csc(-c3ccsc3)n2)nc1. The van der Waals surface area contributed by atoms with Crippen molar-refractivity contribution < 1.29 is 9.90 Å². The highest BCUT2D eigenvalue weighted by atomic mass is 32.2. The molecular formula is C14H10N2O2S3. The second-order valence-corrected chi connectivity index (χ2v) is 6.77. The van der Waals surface area contributed by atoms with Crippen LogP contribution in [0.15, 0.2) is 45.6 Å². The van der Waals surface area contributed by atoms with Gasteiger partial charge in [0.1, 0.15) is 5.01 Å². The van der Waals surface area contributed by atoms with Gasteiger partial charge in [0.05, 0.1) is 16.3 Å². The third-order valence-electron chi connectivity index (χ3n) is 2.67. The van der Waals surface area contributed by atoms with Crippen LogP contribution in [0.1, 0.15) is 16.1 Å². The topological polar surface area (TPSA) is 63.1 Å². The van der Waals surface area contributed by atoms with Gasteiger partial charge in [-0.2, -0.15) is 11.3 Å². The van der Waals surface area contributed by atoms with Crippen molar-refractivity contribution in [1.82, 2.24) is 9.97 Å². The van der Waals surface area contributed by atoms with Crippen molar-refractivity contribution in [1.29, 1.82) is 0 Å². The largest absolute Gasteiger partial charge is 0.478 e. The first kappa shape index (κ1) is 14.2. The molecule has 0 aliphatic rings.